The number of hydrogen-bond donors (Lipinski definition) is 1. The van der Waals surface area contributed by atoms with E-state index >= 15 is 0 Å². The summed E-state index contributed by atoms with van der Waals surface area (Å²) in [6, 6.07) is 9.73. The summed E-state index contributed by atoms with van der Waals surface area (Å²) >= 11 is 7.85. The zero-order valence-corrected chi connectivity index (χ0v) is 12.7. The first-order valence-corrected chi connectivity index (χ1v) is 8.50. The van der Waals surface area contributed by atoms with Gasteiger partial charge < -0.3 is 5.32 Å². The molecule has 3 heteroatoms. The van der Waals surface area contributed by atoms with E-state index in [9.17, 15) is 0 Å². The molecule has 1 atom stereocenters. The summed E-state index contributed by atoms with van der Waals surface area (Å²) in [5.74, 6) is 1.95. The molecule has 2 rings (SSSR count). The van der Waals surface area contributed by atoms with Gasteiger partial charge in [0.05, 0.1) is 0 Å². The van der Waals surface area contributed by atoms with E-state index in [-0.39, 0.29) is 0 Å². The van der Waals surface area contributed by atoms with Crippen LogP contribution in [-0.2, 0) is 0 Å². The number of halogens is 1. The largest absolute Gasteiger partial charge is 0.310 e. The van der Waals surface area contributed by atoms with E-state index in [1.54, 1.807) is 0 Å². The van der Waals surface area contributed by atoms with Crippen LogP contribution in [0.3, 0.4) is 0 Å². The minimum Gasteiger partial charge on any atom is -0.310 e. The average molecular weight is 284 g/mol. The average Bonchev–Trinajstić information content (AvgIpc) is 2.33. The fourth-order valence-electron chi connectivity index (χ4n) is 2.58. The van der Waals surface area contributed by atoms with Gasteiger partial charge in [0.25, 0.3) is 0 Å². The fraction of sp³-hybridized carbons (Fsp3) is 0.600. The summed E-state index contributed by atoms with van der Waals surface area (Å²) in [6.45, 7) is 2.27. The predicted molar refractivity (Wildman–Crippen MR) is 82.8 cm³/mol. The van der Waals surface area contributed by atoms with Gasteiger partial charge in [0, 0.05) is 22.9 Å². The van der Waals surface area contributed by atoms with Gasteiger partial charge >= 0.3 is 0 Å². The molecule has 1 aromatic rings. The molecule has 0 aromatic heterocycles. The summed E-state index contributed by atoms with van der Waals surface area (Å²) in [5.41, 5.74) is 1.44. The van der Waals surface area contributed by atoms with Crippen molar-refractivity contribution in [3.63, 3.8) is 0 Å². The Morgan fingerprint density at radius 3 is 2.56 bits per heavy atom. The number of benzene rings is 1. The van der Waals surface area contributed by atoms with Gasteiger partial charge in [0.2, 0.25) is 0 Å². The van der Waals surface area contributed by atoms with Gasteiger partial charge in [0.1, 0.15) is 0 Å². The molecule has 0 heterocycles. The van der Waals surface area contributed by atoms with E-state index in [1.807, 2.05) is 23.9 Å². The Morgan fingerprint density at radius 1 is 1.33 bits per heavy atom. The van der Waals surface area contributed by atoms with E-state index in [2.05, 4.69) is 30.6 Å². The molecule has 0 radical (unpaired) electrons. The van der Waals surface area contributed by atoms with Gasteiger partial charge in [-0.05, 0) is 49.1 Å². The van der Waals surface area contributed by atoms with Gasteiger partial charge in [-0.25, -0.2) is 0 Å². The van der Waals surface area contributed by atoms with Crippen LogP contribution in [0.25, 0.3) is 0 Å². The first-order chi connectivity index (χ1) is 8.72. The normalized spacial score (nSPS) is 24.6. The van der Waals surface area contributed by atoms with Crippen LogP contribution in [0.2, 0.25) is 5.02 Å². The Hall–Kier alpha value is -0.180. The third-order valence-electron chi connectivity index (χ3n) is 3.81. The van der Waals surface area contributed by atoms with Crippen molar-refractivity contribution in [1.82, 2.24) is 5.32 Å². The standard InChI is InChI=1S/C15H22ClNS/c1-3-14(10-18-2)17-15-8-12(9-15)11-4-6-13(16)7-5-11/h4-7,12,14-15,17H,3,8-10H2,1-2H3. The molecule has 0 amide bonds. The second-order valence-electron chi connectivity index (χ2n) is 5.14. The molecule has 0 spiro atoms. The minimum atomic E-state index is 0.677. The molecule has 18 heavy (non-hydrogen) atoms. The molecule has 1 aromatic carbocycles. The van der Waals surface area contributed by atoms with E-state index in [0.717, 1.165) is 10.9 Å². The summed E-state index contributed by atoms with van der Waals surface area (Å²) in [4.78, 5) is 0. The smallest absolute Gasteiger partial charge is 0.0406 e. The van der Waals surface area contributed by atoms with E-state index in [1.165, 1.54) is 30.6 Å². The number of thioether (sulfide) groups is 1. The second-order valence-corrected chi connectivity index (χ2v) is 6.49. The van der Waals surface area contributed by atoms with Crippen molar-refractivity contribution in [2.24, 2.45) is 0 Å². The van der Waals surface area contributed by atoms with Crippen LogP contribution >= 0.6 is 23.4 Å². The van der Waals surface area contributed by atoms with E-state index in [0.29, 0.717) is 12.1 Å². The van der Waals surface area contributed by atoms with Crippen molar-refractivity contribution in [3.8, 4) is 0 Å². The lowest BCUT2D eigenvalue weighted by molar-refractivity contribution is 0.269. The molecule has 1 aliphatic rings. The molecule has 0 bridgehead atoms. The van der Waals surface area contributed by atoms with Crippen molar-refractivity contribution in [3.05, 3.63) is 34.9 Å². The van der Waals surface area contributed by atoms with Crippen LogP contribution in [0.5, 0.6) is 0 Å². The molecule has 1 N–H and O–H groups in total. The number of nitrogens with one attached hydrogen (secondary N) is 1. The van der Waals surface area contributed by atoms with E-state index < -0.39 is 0 Å². The fourth-order valence-corrected chi connectivity index (χ4v) is 3.44. The maximum absolute atomic E-state index is 5.91. The van der Waals surface area contributed by atoms with Crippen molar-refractivity contribution < 1.29 is 0 Å². The lowest BCUT2D eigenvalue weighted by Crippen LogP contribution is -2.46. The number of rotatable bonds is 6. The van der Waals surface area contributed by atoms with Gasteiger partial charge in [0.15, 0.2) is 0 Å². The topological polar surface area (TPSA) is 12.0 Å². The molecule has 1 aliphatic carbocycles. The molecule has 1 saturated carbocycles. The molecular weight excluding hydrogens is 262 g/mol. The highest BCUT2D eigenvalue weighted by Gasteiger charge is 2.31. The van der Waals surface area contributed by atoms with Crippen LogP contribution in [-0.4, -0.2) is 24.1 Å². The Kier molecular flexibility index (Phi) is 5.40. The molecule has 1 unspecified atom stereocenters. The molecular formula is C15H22ClNS. The van der Waals surface area contributed by atoms with E-state index in [4.69, 9.17) is 11.6 Å². The summed E-state index contributed by atoms with van der Waals surface area (Å²) in [5, 5.41) is 4.60. The van der Waals surface area contributed by atoms with Crippen LogP contribution in [0.15, 0.2) is 24.3 Å². The van der Waals surface area contributed by atoms with Gasteiger partial charge in [-0.2, -0.15) is 11.8 Å². The molecule has 0 saturated heterocycles. The Balaban J connectivity index is 1.78. The summed E-state index contributed by atoms with van der Waals surface area (Å²) in [7, 11) is 0. The zero-order chi connectivity index (χ0) is 13.0. The highest BCUT2D eigenvalue weighted by molar-refractivity contribution is 7.98. The molecule has 100 valence electrons. The molecule has 1 fully saturated rings. The first-order valence-electron chi connectivity index (χ1n) is 6.73. The van der Waals surface area contributed by atoms with Crippen molar-refractivity contribution >= 4 is 23.4 Å². The van der Waals surface area contributed by atoms with Gasteiger partial charge in [-0.1, -0.05) is 30.7 Å². The lowest BCUT2D eigenvalue weighted by Gasteiger charge is -2.38. The van der Waals surface area contributed by atoms with Crippen LogP contribution < -0.4 is 5.32 Å². The van der Waals surface area contributed by atoms with Crippen LogP contribution in [0.4, 0.5) is 0 Å². The quantitative estimate of drug-likeness (QED) is 0.835. The number of hydrogen-bond acceptors (Lipinski definition) is 2. The maximum Gasteiger partial charge on any atom is 0.0406 e. The highest BCUT2D eigenvalue weighted by atomic mass is 35.5. The SMILES string of the molecule is CCC(CSC)NC1CC(c2ccc(Cl)cc2)C1. The van der Waals surface area contributed by atoms with Crippen molar-refractivity contribution in [2.45, 2.75) is 44.2 Å². The third-order valence-corrected chi connectivity index (χ3v) is 4.80. The minimum absolute atomic E-state index is 0.677. The second kappa shape index (κ2) is 6.83. The first kappa shape index (κ1) is 14.2. The van der Waals surface area contributed by atoms with Crippen LogP contribution in [0.1, 0.15) is 37.7 Å². The van der Waals surface area contributed by atoms with Crippen molar-refractivity contribution in [2.75, 3.05) is 12.0 Å². The van der Waals surface area contributed by atoms with Crippen LogP contribution in [0, 0.1) is 0 Å². The van der Waals surface area contributed by atoms with Crippen molar-refractivity contribution in [1.29, 1.82) is 0 Å². The summed E-state index contributed by atoms with van der Waals surface area (Å²) in [6.07, 6.45) is 5.95. The van der Waals surface area contributed by atoms with Gasteiger partial charge in [-0.3, -0.25) is 0 Å². The predicted octanol–water partition coefficient (Wildman–Crippen LogP) is 4.32. The summed E-state index contributed by atoms with van der Waals surface area (Å²) < 4.78 is 0. The highest BCUT2D eigenvalue weighted by Crippen LogP contribution is 2.37. The molecule has 0 aliphatic heterocycles. The molecule has 1 nitrogen and oxygen atoms in total. The monoisotopic (exact) mass is 283 g/mol. The maximum atomic E-state index is 5.91. The van der Waals surface area contributed by atoms with Gasteiger partial charge in [-0.15, -0.1) is 0 Å². The third kappa shape index (κ3) is 3.66. The Bertz CT molecular complexity index is 359. The lowest BCUT2D eigenvalue weighted by atomic mass is 9.75. The zero-order valence-electron chi connectivity index (χ0n) is 11.2. The Labute approximate surface area is 120 Å². The Morgan fingerprint density at radius 2 is 2.00 bits per heavy atom.